The third-order valence-electron chi connectivity index (χ3n) is 3.98. The van der Waals surface area contributed by atoms with Gasteiger partial charge in [-0.1, -0.05) is 38.0 Å². The third-order valence-corrected chi connectivity index (χ3v) is 3.98. The molecule has 140 valence electrons. The number of aromatic nitrogens is 2. The predicted octanol–water partition coefficient (Wildman–Crippen LogP) is 2.27. The van der Waals surface area contributed by atoms with Crippen LogP contribution < -0.4 is 10.9 Å². The zero-order valence-corrected chi connectivity index (χ0v) is 15.3. The highest BCUT2D eigenvalue weighted by atomic mass is 16.5. The number of amides is 1. The maximum absolute atomic E-state index is 12.6. The van der Waals surface area contributed by atoms with Crippen LogP contribution in [0.25, 0.3) is 10.8 Å². The number of nitrogens with one attached hydrogen (secondary N) is 1. The molecule has 0 saturated carbocycles. The normalized spacial score (nSPS) is 10.7. The average Bonchev–Trinajstić information content (AvgIpc) is 2.64. The van der Waals surface area contributed by atoms with E-state index in [4.69, 9.17) is 4.74 Å². The first-order valence-corrected chi connectivity index (χ1v) is 9.02. The van der Waals surface area contributed by atoms with E-state index < -0.39 is 5.91 Å². The van der Waals surface area contributed by atoms with Crippen molar-refractivity contribution in [3.63, 3.8) is 0 Å². The summed E-state index contributed by atoms with van der Waals surface area (Å²) in [6, 6.07) is 6.94. The quantitative estimate of drug-likeness (QED) is 0.548. The molecule has 0 aliphatic rings. The third kappa shape index (κ3) is 4.91. The number of esters is 1. The summed E-state index contributed by atoms with van der Waals surface area (Å²) in [5.74, 6) is -0.773. The Hall–Kier alpha value is -2.70. The van der Waals surface area contributed by atoms with Crippen molar-refractivity contribution in [2.45, 2.75) is 46.1 Å². The van der Waals surface area contributed by atoms with Crippen LogP contribution in [0.15, 0.2) is 29.1 Å². The zero-order chi connectivity index (χ0) is 18.9. The molecule has 0 atom stereocenters. The Bertz CT molecular complexity index is 829. The molecule has 0 radical (unpaired) electrons. The van der Waals surface area contributed by atoms with Crippen LogP contribution in [0.4, 0.5) is 0 Å². The first-order chi connectivity index (χ1) is 12.6. The molecule has 2 rings (SSSR count). The molecule has 0 bridgehead atoms. The van der Waals surface area contributed by atoms with Crippen LogP contribution in [-0.2, 0) is 16.1 Å². The van der Waals surface area contributed by atoms with Gasteiger partial charge in [-0.15, -0.1) is 0 Å². The van der Waals surface area contributed by atoms with Crippen molar-refractivity contribution >= 4 is 22.6 Å². The fraction of sp³-hybridized carbons (Fsp3) is 0.474. The van der Waals surface area contributed by atoms with E-state index in [1.165, 1.54) is 4.68 Å². The maximum atomic E-state index is 12.6. The van der Waals surface area contributed by atoms with E-state index in [9.17, 15) is 14.4 Å². The number of nitrogens with zero attached hydrogens (tertiary/aromatic N) is 2. The number of hydrogen-bond donors (Lipinski definition) is 1. The summed E-state index contributed by atoms with van der Waals surface area (Å²) in [6.07, 6.45) is 2.94. The molecule has 1 amide bonds. The van der Waals surface area contributed by atoms with Crippen molar-refractivity contribution in [1.82, 2.24) is 15.1 Å². The number of carbonyl (C=O) groups excluding carboxylic acids is 2. The molecule has 0 unspecified atom stereocenters. The standard InChI is InChI=1S/C19H25N3O4/c1-3-5-8-13-22-19(25)15-10-7-6-9-14(15)17(21-22)18(24)20-12-11-16(23)26-4-2/h6-7,9-10H,3-5,8,11-13H2,1-2H3,(H,20,24). The van der Waals surface area contributed by atoms with Gasteiger partial charge >= 0.3 is 5.97 Å². The Morgan fingerprint density at radius 3 is 2.58 bits per heavy atom. The molecule has 0 fully saturated rings. The molecule has 7 nitrogen and oxygen atoms in total. The van der Waals surface area contributed by atoms with E-state index in [1.807, 2.05) is 0 Å². The Morgan fingerprint density at radius 1 is 1.15 bits per heavy atom. The summed E-state index contributed by atoms with van der Waals surface area (Å²) in [6.45, 7) is 4.75. The van der Waals surface area contributed by atoms with Gasteiger partial charge in [0, 0.05) is 18.5 Å². The summed E-state index contributed by atoms with van der Waals surface area (Å²) < 4.78 is 6.20. The molecule has 2 aromatic rings. The van der Waals surface area contributed by atoms with Crippen molar-refractivity contribution in [1.29, 1.82) is 0 Å². The van der Waals surface area contributed by atoms with E-state index in [0.717, 1.165) is 19.3 Å². The van der Waals surface area contributed by atoms with E-state index in [1.54, 1.807) is 31.2 Å². The zero-order valence-electron chi connectivity index (χ0n) is 15.3. The van der Waals surface area contributed by atoms with Crippen LogP contribution >= 0.6 is 0 Å². The topological polar surface area (TPSA) is 90.3 Å². The minimum absolute atomic E-state index is 0.0909. The molecular formula is C19H25N3O4. The van der Waals surface area contributed by atoms with E-state index in [-0.39, 0.29) is 30.2 Å². The number of ether oxygens (including phenoxy) is 1. The van der Waals surface area contributed by atoms with Gasteiger partial charge in [0.25, 0.3) is 11.5 Å². The minimum atomic E-state index is -0.408. The van der Waals surface area contributed by atoms with Gasteiger partial charge in [0.2, 0.25) is 0 Å². The highest BCUT2D eigenvalue weighted by Gasteiger charge is 2.16. The lowest BCUT2D eigenvalue weighted by Crippen LogP contribution is -2.32. The molecule has 26 heavy (non-hydrogen) atoms. The molecule has 7 heteroatoms. The minimum Gasteiger partial charge on any atom is -0.466 e. The summed E-state index contributed by atoms with van der Waals surface area (Å²) in [7, 11) is 0. The Morgan fingerprint density at radius 2 is 1.88 bits per heavy atom. The fourth-order valence-corrected chi connectivity index (χ4v) is 2.66. The largest absolute Gasteiger partial charge is 0.466 e. The van der Waals surface area contributed by atoms with Gasteiger partial charge in [0.05, 0.1) is 18.4 Å². The van der Waals surface area contributed by atoms with Crippen LogP contribution in [0.2, 0.25) is 0 Å². The monoisotopic (exact) mass is 359 g/mol. The van der Waals surface area contributed by atoms with Gasteiger partial charge in [-0.2, -0.15) is 5.10 Å². The van der Waals surface area contributed by atoms with Gasteiger partial charge in [-0.3, -0.25) is 14.4 Å². The number of carbonyl (C=O) groups is 2. The van der Waals surface area contributed by atoms with Crippen LogP contribution in [0.5, 0.6) is 0 Å². The lowest BCUT2D eigenvalue weighted by molar-refractivity contribution is -0.142. The molecule has 1 aromatic carbocycles. The summed E-state index contributed by atoms with van der Waals surface area (Å²) >= 11 is 0. The van der Waals surface area contributed by atoms with Gasteiger partial charge in [0.15, 0.2) is 5.69 Å². The molecule has 0 spiro atoms. The molecule has 1 aromatic heterocycles. The van der Waals surface area contributed by atoms with Crippen molar-refractivity contribution in [3.8, 4) is 0 Å². The number of fused-ring (bicyclic) bond motifs is 1. The van der Waals surface area contributed by atoms with Crippen molar-refractivity contribution in [3.05, 3.63) is 40.3 Å². The van der Waals surface area contributed by atoms with Crippen LogP contribution in [0.3, 0.4) is 0 Å². The molecule has 0 aliphatic heterocycles. The van der Waals surface area contributed by atoms with Crippen LogP contribution in [0, 0.1) is 0 Å². The average molecular weight is 359 g/mol. The molecular weight excluding hydrogens is 334 g/mol. The maximum Gasteiger partial charge on any atom is 0.307 e. The Kier molecular flexibility index (Phi) is 7.32. The highest BCUT2D eigenvalue weighted by molar-refractivity contribution is 6.04. The van der Waals surface area contributed by atoms with E-state index in [2.05, 4.69) is 17.3 Å². The number of rotatable bonds is 9. The van der Waals surface area contributed by atoms with E-state index >= 15 is 0 Å². The second kappa shape index (κ2) is 9.70. The number of benzene rings is 1. The molecule has 1 heterocycles. The lowest BCUT2D eigenvalue weighted by Gasteiger charge is -2.11. The first-order valence-electron chi connectivity index (χ1n) is 9.02. The van der Waals surface area contributed by atoms with Gasteiger partial charge < -0.3 is 10.1 Å². The predicted molar refractivity (Wildman–Crippen MR) is 99.1 cm³/mol. The Labute approximate surface area is 152 Å². The smallest absolute Gasteiger partial charge is 0.307 e. The number of hydrogen-bond acceptors (Lipinski definition) is 5. The van der Waals surface area contributed by atoms with Gasteiger partial charge in [-0.25, -0.2) is 4.68 Å². The highest BCUT2D eigenvalue weighted by Crippen LogP contribution is 2.13. The van der Waals surface area contributed by atoms with Crippen LogP contribution in [-0.4, -0.2) is 34.8 Å². The van der Waals surface area contributed by atoms with Crippen molar-refractivity contribution < 1.29 is 14.3 Å². The number of aryl methyl sites for hydroxylation is 1. The Balaban J connectivity index is 2.24. The van der Waals surface area contributed by atoms with Crippen molar-refractivity contribution in [2.24, 2.45) is 0 Å². The lowest BCUT2D eigenvalue weighted by atomic mass is 10.1. The second-order valence-corrected chi connectivity index (χ2v) is 5.94. The van der Waals surface area contributed by atoms with Gasteiger partial charge in [0.1, 0.15) is 0 Å². The SMILES string of the molecule is CCCCCn1nc(C(=O)NCCC(=O)OCC)c2ccccc2c1=O. The molecule has 1 N–H and O–H groups in total. The van der Waals surface area contributed by atoms with Crippen LogP contribution in [0.1, 0.15) is 50.0 Å². The molecule has 0 aliphatic carbocycles. The van der Waals surface area contributed by atoms with Crippen molar-refractivity contribution in [2.75, 3.05) is 13.2 Å². The van der Waals surface area contributed by atoms with E-state index in [0.29, 0.717) is 23.9 Å². The van der Waals surface area contributed by atoms with Gasteiger partial charge in [-0.05, 0) is 19.4 Å². The first kappa shape index (κ1) is 19.6. The fourth-order valence-electron chi connectivity index (χ4n) is 2.66. The summed E-state index contributed by atoms with van der Waals surface area (Å²) in [4.78, 5) is 36.5. The molecule has 0 saturated heterocycles. The number of unbranched alkanes of at least 4 members (excludes halogenated alkanes) is 2. The summed E-state index contributed by atoms with van der Waals surface area (Å²) in [5.41, 5.74) is 0.000309. The summed E-state index contributed by atoms with van der Waals surface area (Å²) in [5, 5.41) is 7.94. The second-order valence-electron chi connectivity index (χ2n) is 5.94.